The summed E-state index contributed by atoms with van der Waals surface area (Å²) < 4.78 is 0. The highest BCUT2D eigenvalue weighted by molar-refractivity contribution is 7.10. The highest BCUT2D eigenvalue weighted by atomic mass is 32.1. The third-order valence-electron chi connectivity index (χ3n) is 2.31. The van der Waals surface area contributed by atoms with Gasteiger partial charge in [0.25, 0.3) is 0 Å². The summed E-state index contributed by atoms with van der Waals surface area (Å²) in [4.78, 5) is 14.4. The van der Waals surface area contributed by atoms with Gasteiger partial charge in [0.05, 0.1) is 6.54 Å². The first kappa shape index (κ1) is 13.2. The first-order valence-electron chi connectivity index (χ1n) is 5.29. The molecule has 1 N–H and O–H groups in total. The van der Waals surface area contributed by atoms with Crippen LogP contribution in [0, 0.1) is 5.41 Å². The Balaban J connectivity index is 2.58. The summed E-state index contributed by atoms with van der Waals surface area (Å²) in [5, 5.41) is 11.8. The van der Waals surface area contributed by atoms with Crippen LogP contribution in [0.25, 0.3) is 0 Å². The van der Waals surface area contributed by atoms with Crippen LogP contribution in [0.1, 0.15) is 31.8 Å². The van der Waals surface area contributed by atoms with Gasteiger partial charge < -0.3 is 10.0 Å². The number of hydrogen-bond acceptors (Lipinski definition) is 3. The maximum Gasteiger partial charge on any atom is 0.227 e. The van der Waals surface area contributed by atoms with Gasteiger partial charge in [0, 0.05) is 17.3 Å². The fourth-order valence-corrected chi connectivity index (χ4v) is 2.19. The number of amides is 1. The van der Waals surface area contributed by atoms with E-state index in [-0.39, 0.29) is 5.91 Å². The molecule has 0 bridgehead atoms. The lowest BCUT2D eigenvalue weighted by Gasteiger charge is -2.27. The molecule has 16 heavy (non-hydrogen) atoms. The van der Waals surface area contributed by atoms with Crippen molar-refractivity contribution < 1.29 is 9.90 Å². The minimum Gasteiger partial charge on any atom is -0.386 e. The van der Waals surface area contributed by atoms with E-state index in [1.807, 2.05) is 38.3 Å². The summed E-state index contributed by atoms with van der Waals surface area (Å²) in [6.07, 6.45) is -0.587. The number of likely N-dealkylation sites (N-methyl/N-ethyl adjacent to an activating group) is 1. The van der Waals surface area contributed by atoms with E-state index in [0.717, 1.165) is 4.88 Å². The number of hydrogen-bond donors (Lipinski definition) is 1. The van der Waals surface area contributed by atoms with E-state index in [1.54, 1.807) is 11.9 Å². The predicted molar refractivity (Wildman–Crippen MR) is 66.4 cm³/mol. The van der Waals surface area contributed by atoms with Gasteiger partial charge in [0.15, 0.2) is 0 Å². The molecular formula is C12H19NO2S. The fraction of sp³-hybridized carbons (Fsp3) is 0.583. The molecule has 1 heterocycles. The molecule has 0 fully saturated rings. The monoisotopic (exact) mass is 241 g/mol. The Morgan fingerprint density at radius 2 is 2.19 bits per heavy atom. The van der Waals surface area contributed by atoms with Gasteiger partial charge in [0.1, 0.15) is 6.10 Å². The molecule has 3 nitrogen and oxygen atoms in total. The van der Waals surface area contributed by atoms with Gasteiger partial charge in [-0.15, -0.1) is 11.3 Å². The Bertz CT molecular complexity index is 340. The Kier molecular flexibility index (Phi) is 4.10. The molecule has 0 spiro atoms. The molecule has 0 aliphatic rings. The van der Waals surface area contributed by atoms with E-state index >= 15 is 0 Å². The molecule has 0 aromatic carbocycles. The summed E-state index contributed by atoms with van der Waals surface area (Å²) in [5.41, 5.74) is -0.399. The van der Waals surface area contributed by atoms with E-state index in [0.29, 0.717) is 6.54 Å². The van der Waals surface area contributed by atoms with Crippen LogP contribution in [0.3, 0.4) is 0 Å². The molecule has 1 atom stereocenters. The van der Waals surface area contributed by atoms with Crippen LogP contribution in [0.5, 0.6) is 0 Å². The Morgan fingerprint density at radius 1 is 1.56 bits per heavy atom. The molecule has 1 aromatic heterocycles. The van der Waals surface area contributed by atoms with Gasteiger partial charge in [-0.25, -0.2) is 0 Å². The minimum atomic E-state index is -0.587. The van der Waals surface area contributed by atoms with E-state index in [9.17, 15) is 9.90 Å². The number of nitrogens with zero attached hydrogens (tertiary/aromatic N) is 1. The van der Waals surface area contributed by atoms with Crippen molar-refractivity contribution >= 4 is 17.2 Å². The number of aliphatic hydroxyl groups is 1. The summed E-state index contributed by atoms with van der Waals surface area (Å²) in [7, 11) is 1.73. The normalized spacial score (nSPS) is 13.6. The molecule has 0 saturated carbocycles. The summed E-state index contributed by atoms with van der Waals surface area (Å²) in [6.45, 7) is 5.98. The highest BCUT2D eigenvalue weighted by Gasteiger charge is 2.26. The van der Waals surface area contributed by atoms with Crippen LogP contribution < -0.4 is 0 Å². The van der Waals surface area contributed by atoms with Gasteiger partial charge in [-0.05, 0) is 11.4 Å². The molecule has 0 aliphatic heterocycles. The number of rotatable bonds is 3. The van der Waals surface area contributed by atoms with Crippen LogP contribution in [0.2, 0.25) is 0 Å². The molecule has 0 radical (unpaired) electrons. The van der Waals surface area contributed by atoms with Gasteiger partial charge >= 0.3 is 0 Å². The van der Waals surface area contributed by atoms with Crippen molar-refractivity contribution in [1.82, 2.24) is 4.90 Å². The molecule has 1 aromatic rings. The molecule has 90 valence electrons. The summed E-state index contributed by atoms with van der Waals surface area (Å²) >= 11 is 1.50. The predicted octanol–water partition coefficient (Wildman–Crippen LogP) is 2.29. The maximum atomic E-state index is 11.9. The van der Waals surface area contributed by atoms with Crippen LogP contribution in [-0.4, -0.2) is 29.5 Å². The van der Waals surface area contributed by atoms with Gasteiger partial charge in [-0.3, -0.25) is 4.79 Å². The zero-order chi connectivity index (χ0) is 12.3. The Morgan fingerprint density at radius 3 is 2.62 bits per heavy atom. The van der Waals surface area contributed by atoms with E-state index < -0.39 is 11.5 Å². The largest absolute Gasteiger partial charge is 0.386 e. The average molecular weight is 241 g/mol. The fourth-order valence-electron chi connectivity index (χ4n) is 1.49. The maximum absolute atomic E-state index is 11.9. The highest BCUT2D eigenvalue weighted by Crippen LogP contribution is 2.22. The number of aliphatic hydroxyl groups excluding tert-OH is 1. The SMILES string of the molecule is CN(CC(O)c1cccs1)C(=O)C(C)(C)C. The molecule has 4 heteroatoms. The smallest absolute Gasteiger partial charge is 0.227 e. The second-order valence-corrected chi connectivity index (χ2v) is 5.95. The zero-order valence-corrected chi connectivity index (χ0v) is 11.0. The van der Waals surface area contributed by atoms with E-state index in [1.165, 1.54) is 11.3 Å². The third kappa shape index (κ3) is 3.32. The third-order valence-corrected chi connectivity index (χ3v) is 3.28. The Hall–Kier alpha value is -0.870. The van der Waals surface area contributed by atoms with Crippen molar-refractivity contribution in [2.24, 2.45) is 5.41 Å². The lowest BCUT2D eigenvalue weighted by atomic mass is 9.95. The second kappa shape index (κ2) is 4.97. The van der Waals surface area contributed by atoms with Gasteiger partial charge in [0.2, 0.25) is 5.91 Å². The first-order valence-corrected chi connectivity index (χ1v) is 6.17. The van der Waals surface area contributed by atoms with Crippen LogP contribution in [0.4, 0.5) is 0 Å². The number of thiophene rings is 1. The van der Waals surface area contributed by atoms with E-state index in [4.69, 9.17) is 0 Å². The average Bonchev–Trinajstić information content (AvgIpc) is 2.67. The van der Waals surface area contributed by atoms with Crippen LogP contribution >= 0.6 is 11.3 Å². The molecule has 1 amide bonds. The number of carbonyl (C=O) groups is 1. The lowest BCUT2D eigenvalue weighted by Crippen LogP contribution is -2.38. The van der Waals surface area contributed by atoms with Crippen molar-refractivity contribution in [2.45, 2.75) is 26.9 Å². The van der Waals surface area contributed by atoms with Crippen molar-refractivity contribution in [3.63, 3.8) is 0 Å². The summed E-state index contributed by atoms with van der Waals surface area (Å²) in [6, 6.07) is 3.78. The van der Waals surface area contributed by atoms with Crippen LogP contribution in [0.15, 0.2) is 17.5 Å². The van der Waals surface area contributed by atoms with Crippen molar-refractivity contribution in [3.05, 3.63) is 22.4 Å². The number of carbonyl (C=O) groups excluding carboxylic acids is 1. The van der Waals surface area contributed by atoms with Gasteiger partial charge in [-0.2, -0.15) is 0 Å². The molecule has 1 unspecified atom stereocenters. The van der Waals surface area contributed by atoms with Crippen molar-refractivity contribution in [1.29, 1.82) is 0 Å². The van der Waals surface area contributed by atoms with Crippen LogP contribution in [-0.2, 0) is 4.79 Å². The van der Waals surface area contributed by atoms with Crippen molar-refractivity contribution in [2.75, 3.05) is 13.6 Å². The zero-order valence-electron chi connectivity index (χ0n) is 10.2. The topological polar surface area (TPSA) is 40.5 Å². The second-order valence-electron chi connectivity index (χ2n) is 4.97. The molecular weight excluding hydrogens is 222 g/mol. The van der Waals surface area contributed by atoms with E-state index in [2.05, 4.69) is 0 Å². The molecule has 0 saturated heterocycles. The molecule has 1 rings (SSSR count). The molecule has 0 aliphatic carbocycles. The first-order chi connectivity index (χ1) is 7.32. The standard InChI is InChI=1S/C12H19NO2S/c1-12(2,3)11(15)13(4)8-9(14)10-6-5-7-16-10/h5-7,9,14H,8H2,1-4H3. The van der Waals surface area contributed by atoms with Crippen molar-refractivity contribution in [3.8, 4) is 0 Å². The summed E-state index contributed by atoms with van der Waals surface area (Å²) in [5.74, 6) is 0.0445. The Labute approximate surface area is 101 Å². The lowest BCUT2D eigenvalue weighted by molar-refractivity contribution is -0.139. The quantitative estimate of drug-likeness (QED) is 0.882. The van der Waals surface area contributed by atoms with Gasteiger partial charge in [-0.1, -0.05) is 26.8 Å². The minimum absolute atomic E-state index is 0.0445.